The number of carbonyl (C=O) groups excluding carboxylic acids is 1. The average Bonchev–Trinajstić information content (AvgIpc) is 2.56. The second-order valence-electron chi connectivity index (χ2n) is 4.60. The van der Waals surface area contributed by atoms with Crippen LogP contribution in [0.1, 0.15) is 10.4 Å². The summed E-state index contributed by atoms with van der Waals surface area (Å²) in [5, 5.41) is 13.3. The Bertz CT molecular complexity index is 685. The summed E-state index contributed by atoms with van der Waals surface area (Å²) in [6.07, 6.45) is 0. The number of methoxy groups -OCH3 is 1. The third-order valence-electron chi connectivity index (χ3n) is 3.01. The van der Waals surface area contributed by atoms with Crippen LogP contribution >= 0.6 is 0 Å². The number of rotatable bonds is 7. The van der Waals surface area contributed by atoms with Gasteiger partial charge in [-0.25, -0.2) is 0 Å². The van der Waals surface area contributed by atoms with Crippen molar-refractivity contribution in [2.45, 2.75) is 0 Å². The van der Waals surface area contributed by atoms with Crippen LogP contribution in [0, 0.1) is 10.1 Å². The first-order valence-electron chi connectivity index (χ1n) is 6.88. The van der Waals surface area contributed by atoms with Gasteiger partial charge >= 0.3 is 0 Å². The number of non-ortho nitro benzene ring substituents is 1. The zero-order chi connectivity index (χ0) is 16.7. The number of anilines is 1. The fourth-order valence-electron chi connectivity index (χ4n) is 1.88. The van der Waals surface area contributed by atoms with Crippen LogP contribution in [0.4, 0.5) is 11.4 Å². The van der Waals surface area contributed by atoms with E-state index in [2.05, 4.69) is 5.32 Å². The zero-order valence-corrected chi connectivity index (χ0v) is 12.5. The zero-order valence-electron chi connectivity index (χ0n) is 12.5. The number of para-hydroxylation sites is 1. The van der Waals surface area contributed by atoms with Gasteiger partial charge in [0, 0.05) is 24.9 Å². The first-order chi connectivity index (χ1) is 11.1. The van der Waals surface area contributed by atoms with Gasteiger partial charge in [-0.15, -0.1) is 0 Å². The van der Waals surface area contributed by atoms with Crippen molar-refractivity contribution in [1.82, 2.24) is 0 Å². The topological polar surface area (TPSA) is 90.7 Å². The minimum atomic E-state index is -0.495. The number of nitro groups is 1. The molecule has 1 amide bonds. The monoisotopic (exact) mass is 316 g/mol. The van der Waals surface area contributed by atoms with E-state index in [1.54, 1.807) is 31.4 Å². The Morgan fingerprint density at radius 1 is 1.13 bits per heavy atom. The van der Waals surface area contributed by atoms with E-state index in [0.29, 0.717) is 30.2 Å². The molecule has 0 saturated heterocycles. The molecule has 0 aliphatic heterocycles. The second-order valence-corrected chi connectivity index (χ2v) is 4.60. The van der Waals surface area contributed by atoms with Gasteiger partial charge in [0.1, 0.15) is 12.4 Å². The van der Waals surface area contributed by atoms with E-state index < -0.39 is 4.92 Å². The van der Waals surface area contributed by atoms with Crippen molar-refractivity contribution in [3.8, 4) is 5.75 Å². The third-order valence-corrected chi connectivity index (χ3v) is 3.01. The number of amides is 1. The van der Waals surface area contributed by atoms with Crippen molar-refractivity contribution in [3.05, 3.63) is 64.2 Å². The third kappa shape index (κ3) is 4.52. The van der Waals surface area contributed by atoms with E-state index in [9.17, 15) is 14.9 Å². The molecule has 7 heteroatoms. The molecule has 0 aromatic heterocycles. The highest BCUT2D eigenvalue weighted by atomic mass is 16.6. The molecule has 2 aromatic rings. The van der Waals surface area contributed by atoms with Crippen molar-refractivity contribution in [1.29, 1.82) is 0 Å². The fourth-order valence-corrected chi connectivity index (χ4v) is 1.88. The molecule has 0 radical (unpaired) electrons. The van der Waals surface area contributed by atoms with Gasteiger partial charge in [-0.2, -0.15) is 0 Å². The number of nitrogens with zero attached hydrogens (tertiary/aromatic N) is 1. The molecule has 0 bridgehead atoms. The summed E-state index contributed by atoms with van der Waals surface area (Å²) < 4.78 is 10.4. The molecule has 2 aromatic carbocycles. The summed E-state index contributed by atoms with van der Waals surface area (Å²) in [5.41, 5.74) is 0.806. The van der Waals surface area contributed by atoms with Crippen LogP contribution in [0.15, 0.2) is 48.5 Å². The summed E-state index contributed by atoms with van der Waals surface area (Å²) in [6.45, 7) is 0.747. The summed E-state index contributed by atoms with van der Waals surface area (Å²) in [5.74, 6) is 0.0934. The van der Waals surface area contributed by atoms with Crippen LogP contribution in [0.2, 0.25) is 0 Å². The van der Waals surface area contributed by atoms with E-state index in [0.717, 1.165) is 0 Å². The van der Waals surface area contributed by atoms with E-state index in [1.807, 2.05) is 0 Å². The number of carbonyl (C=O) groups is 1. The van der Waals surface area contributed by atoms with Gasteiger partial charge < -0.3 is 14.8 Å². The molecule has 0 atom stereocenters. The Morgan fingerprint density at radius 2 is 1.83 bits per heavy atom. The van der Waals surface area contributed by atoms with Crippen LogP contribution in [-0.2, 0) is 4.74 Å². The molecule has 0 heterocycles. The number of nitro benzene ring substituents is 1. The number of ether oxygens (including phenoxy) is 2. The standard InChI is InChI=1S/C16H16N2O5/c1-22-10-11-23-15-5-3-2-4-14(15)16(19)17-12-6-8-13(9-7-12)18(20)21/h2-9H,10-11H2,1H3,(H,17,19). The summed E-state index contributed by atoms with van der Waals surface area (Å²) in [6, 6.07) is 12.4. The fraction of sp³-hybridized carbons (Fsp3) is 0.188. The molecule has 1 N–H and O–H groups in total. The molecule has 2 rings (SSSR count). The molecule has 0 spiro atoms. The van der Waals surface area contributed by atoms with Crippen LogP contribution in [0.5, 0.6) is 5.75 Å². The van der Waals surface area contributed by atoms with Crippen molar-refractivity contribution in [2.75, 3.05) is 25.6 Å². The molecule has 0 fully saturated rings. The Labute approximate surface area is 133 Å². The predicted octanol–water partition coefficient (Wildman–Crippen LogP) is 2.87. The summed E-state index contributed by atoms with van der Waals surface area (Å²) in [7, 11) is 1.57. The second kappa shape index (κ2) is 7.90. The predicted molar refractivity (Wildman–Crippen MR) is 84.9 cm³/mol. The SMILES string of the molecule is COCCOc1ccccc1C(=O)Nc1ccc([N+](=O)[O-])cc1. The van der Waals surface area contributed by atoms with Gasteiger partial charge in [0.2, 0.25) is 0 Å². The highest BCUT2D eigenvalue weighted by Crippen LogP contribution is 2.21. The molecular weight excluding hydrogens is 300 g/mol. The molecule has 0 saturated carbocycles. The molecule has 0 aliphatic rings. The maximum Gasteiger partial charge on any atom is 0.269 e. The lowest BCUT2D eigenvalue weighted by molar-refractivity contribution is -0.384. The van der Waals surface area contributed by atoms with Crippen LogP contribution in [0.3, 0.4) is 0 Å². The first-order valence-corrected chi connectivity index (χ1v) is 6.88. The van der Waals surface area contributed by atoms with Crippen LogP contribution < -0.4 is 10.1 Å². The lowest BCUT2D eigenvalue weighted by Crippen LogP contribution is -2.14. The first kappa shape index (κ1) is 16.4. The van der Waals surface area contributed by atoms with Gasteiger partial charge in [0.15, 0.2) is 0 Å². The Kier molecular flexibility index (Phi) is 5.65. The maximum atomic E-state index is 12.3. The average molecular weight is 316 g/mol. The van der Waals surface area contributed by atoms with Crippen molar-refractivity contribution < 1.29 is 19.2 Å². The lowest BCUT2D eigenvalue weighted by atomic mass is 10.2. The van der Waals surface area contributed by atoms with Crippen LogP contribution in [-0.4, -0.2) is 31.2 Å². The molecule has 7 nitrogen and oxygen atoms in total. The van der Waals surface area contributed by atoms with Crippen molar-refractivity contribution in [3.63, 3.8) is 0 Å². The number of hydrogen-bond acceptors (Lipinski definition) is 5. The Hall–Kier alpha value is -2.93. The van der Waals surface area contributed by atoms with E-state index >= 15 is 0 Å². The Balaban J connectivity index is 2.09. The minimum absolute atomic E-state index is 0.0358. The van der Waals surface area contributed by atoms with Crippen LogP contribution in [0.25, 0.3) is 0 Å². The highest BCUT2D eigenvalue weighted by Gasteiger charge is 2.13. The molecule has 0 unspecified atom stereocenters. The summed E-state index contributed by atoms with van der Waals surface area (Å²) >= 11 is 0. The van der Waals surface area contributed by atoms with Gasteiger partial charge in [0.25, 0.3) is 11.6 Å². The van der Waals surface area contributed by atoms with Crippen molar-refractivity contribution in [2.24, 2.45) is 0 Å². The maximum absolute atomic E-state index is 12.3. The smallest absolute Gasteiger partial charge is 0.269 e. The van der Waals surface area contributed by atoms with Gasteiger partial charge in [-0.05, 0) is 24.3 Å². The lowest BCUT2D eigenvalue weighted by Gasteiger charge is -2.11. The minimum Gasteiger partial charge on any atom is -0.490 e. The molecule has 23 heavy (non-hydrogen) atoms. The normalized spacial score (nSPS) is 10.1. The molecule has 120 valence electrons. The Morgan fingerprint density at radius 3 is 2.48 bits per heavy atom. The van der Waals surface area contributed by atoms with Crippen molar-refractivity contribution >= 4 is 17.3 Å². The number of benzene rings is 2. The van der Waals surface area contributed by atoms with Gasteiger partial charge in [-0.3, -0.25) is 14.9 Å². The number of hydrogen-bond donors (Lipinski definition) is 1. The van der Waals surface area contributed by atoms with E-state index in [-0.39, 0.29) is 11.6 Å². The molecule has 0 aliphatic carbocycles. The van der Waals surface area contributed by atoms with Gasteiger partial charge in [0.05, 0.1) is 17.1 Å². The largest absolute Gasteiger partial charge is 0.490 e. The summed E-state index contributed by atoms with van der Waals surface area (Å²) in [4.78, 5) is 22.5. The van der Waals surface area contributed by atoms with E-state index in [4.69, 9.17) is 9.47 Å². The molecular formula is C16H16N2O5. The number of nitrogens with one attached hydrogen (secondary N) is 1. The van der Waals surface area contributed by atoms with Gasteiger partial charge in [-0.1, -0.05) is 12.1 Å². The highest BCUT2D eigenvalue weighted by molar-refractivity contribution is 6.06. The van der Waals surface area contributed by atoms with E-state index in [1.165, 1.54) is 24.3 Å². The quantitative estimate of drug-likeness (QED) is 0.482.